The Kier molecular flexibility index (Phi) is 2.76. The molecule has 0 saturated carbocycles. The number of cyclic esters (lactones) is 1. The Bertz CT molecular complexity index is 622. The van der Waals surface area contributed by atoms with Crippen LogP contribution < -0.4 is 0 Å². The van der Waals surface area contributed by atoms with Crippen LogP contribution in [0.4, 0.5) is 0 Å². The molecule has 0 amide bonds. The molecule has 0 bridgehead atoms. The van der Waals surface area contributed by atoms with Crippen molar-refractivity contribution in [3.63, 3.8) is 0 Å². The van der Waals surface area contributed by atoms with Crippen LogP contribution >= 0.6 is 0 Å². The van der Waals surface area contributed by atoms with Gasteiger partial charge in [0.05, 0.1) is 0 Å². The molecule has 102 valence electrons. The molecule has 1 heterocycles. The van der Waals surface area contributed by atoms with Crippen LogP contribution in [0.15, 0.2) is 52.6 Å². The maximum atomic E-state index is 12.0. The molecule has 1 aromatic carbocycles. The smallest absolute Gasteiger partial charge is 0.334 e. The first-order valence-electron chi connectivity index (χ1n) is 7.49. The predicted molar refractivity (Wildman–Crippen MR) is 77.3 cm³/mol. The summed E-state index contributed by atoms with van der Waals surface area (Å²) in [7, 11) is 0. The van der Waals surface area contributed by atoms with E-state index in [2.05, 4.69) is 24.3 Å². The Balaban J connectivity index is 1.86. The maximum Gasteiger partial charge on any atom is 0.334 e. The third-order valence-corrected chi connectivity index (χ3v) is 4.84. The molecule has 20 heavy (non-hydrogen) atoms. The van der Waals surface area contributed by atoms with Gasteiger partial charge in [-0.05, 0) is 36.8 Å². The van der Waals surface area contributed by atoms with E-state index in [9.17, 15) is 4.79 Å². The monoisotopic (exact) mass is 266 g/mol. The minimum atomic E-state index is -0.0851. The Morgan fingerprint density at radius 1 is 1.00 bits per heavy atom. The van der Waals surface area contributed by atoms with Gasteiger partial charge in [-0.2, -0.15) is 0 Å². The summed E-state index contributed by atoms with van der Waals surface area (Å²) in [6.45, 7) is 0.491. The van der Waals surface area contributed by atoms with Crippen LogP contribution in [-0.2, 0) is 9.53 Å². The van der Waals surface area contributed by atoms with Crippen LogP contribution in [0.2, 0.25) is 0 Å². The Hall–Kier alpha value is -1.83. The summed E-state index contributed by atoms with van der Waals surface area (Å²) < 4.78 is 5.32. The first-order chi connectivity index (χ1) is 9.84. The summed E-state index contributed by atoms with van der Waals surface area (Å²) in [6, 6.07) is 10.6. The zero-order valence-electron chi connectivity index (χ0n) is 11.5. The van der Waals surface area contributed by atoms with Crippen molar-refractivity contribution in [3.8, 4) is 0 Å². The number of rotatable bonds is 1. The van der Waals surface area contributed by atoms with E-state index in [0.717, 1.165) is 18.4 Å². The fourth-order valence-corrected chi connectivity index (χ4v) is 3.91. The highest BCUT2D eigenvalue weighted by molar-refractivity contribution is 5.93. The van der Waals surface area contributed by atoms with Gasteiger partial charge in [0.15, 0.2) is 0 Å². The summed E-state index contributed by atoms with van der Waals surface area (Å²) >= 11 is 0. The summed E-state index contributed by atoms with van der Waals surface area (Å²) in [5.74, 6) is 0.208. The number of benzene rings is 1. The van der Waals surface area contributed by atoms with E-state index in [1.165, 1.54) is 36.0 Å². The lowest BCUT2D eigenvalue weighted by Crippen LogP contribution is -2.18. The van der Waals surface area contributed by atoms with Gasteiger partial charge in [0, 0.05) is 17.9 Å². The van der Waals surface area contributed by atoms with Crippen molar-refractivity contribution >= 4 is 5.97 Å². The largest absolute Gasteiger partial charge is 0.458 e. The molecule has 0 N–H and O–H groups in total. The fraction of sp³-hybridized carbons (Fsp3) is 0.389. The zero-order valence-corrected chi connectivity index (χ0v) is 11.5. The number of hydrogen-bond acceptors (Lipinski definition) is 2. The summed E-state index contributed by atoms with van der Waals surface area (Å²) in [6.07, 6.45) is 5.72. The molecule has 0 spiro atoms. The SMILES string of the molecule is O=C1OCC2=C1CC1=C(CCCC1)C2c1ccccc1. The van der Waals surface area contributed by atoms with Crippen molar-refractivity contribution in [2.75, 3.05) is 6.61 Å². The van der Waals surface area contributed by atoms with E-state index in [1.807, 2.05) is 6.07 Å². The molecule has 3 aliphatic rings. The first-order valence-corrected chi connectivity index (χ1v) is 7.49. The topological polar surface area (TPSA) is 26.3 Å². The molecular formula is C18H18O2. The maximum absolute atomic E-state index is 12.0. The molecule has 0 radical (unpaired) electrons. The lowest BCUT2D eigenvalue weighted by atomic mass is 9.71. The van der Waals surface area contributed by atoms with Crippen molar-refractivity contribution < 1.29 is 9.53 Å². The Morgan fingerprint density at radius 2 is 1.80 bits per heavy atom. The van der Waals surface area contributed by atoms with Crippen LogP contribution in [0.1, 0.15) is 43.6 Å². The van der Waals surface area contributed by atoms with Crippen LogP contribution in [-0.4, -0.2) is 12.6 Å². The molecule has 0 fully saturated rings. The van der Waals surface area contributed by atoms with Gasteiger partial charge in [0.1, 0.15) is 6.61 Å². The minimum Gasteiger partial charge on any atom is -0.458 e. The molecule has 2 nitrogen and oxygen atoms in total. The van der Waals surface area contributed by atoms with Gasteiger partial charge in [-0.15, -0.1) is 0 Å². The van der Waals surface area contributed by atoms with Crippen molar-refractivity contribution in [2.24, 2.45) is 0 Å². The standard InChI is InChI=1S/C18H18O2/c19-18-15-10-13-8-4-5-9-14(13)17(16(15)11-20-18)12-6-2-1-3-7-12/h1-3,6-7,17H,4-5,8-11H2. The van der Waals surface area contributed by atoms with Crippen molar-refractivity contribution in [1.82, 2.24) is 0 Å². The average molecular weight is 266 g/mol. The highest BCUT2D eigenvalue weighted by Gasteiger charge is 2.38. The molecule has 2 heteroatoms. The van der Waals surface area contributed by atoms with Gasteiger partial charge < -0.3 is 4.74 Å². The zero-order chi connectivity index (χ0) is 13.5. The van der Waals surface area contributed by atoms with Gasteiger partial charge in [-0.1, -0.05) is 41.5 Å². The first kappa shape index (κ1) is 12.0. The highest BCUT2D eigenvalue weighted by Crippen LogP contribution is 2.48. The summed E-state index contributed by atoms with van der Waals surface area (Å²) in [5, 5.41) is 0. The van der Waals surface area contributed by atoms with Gasteiger partial charge in [-0.3, -0.25) is 0 Å². The Morgan fingerprint density at radius 3 is 2.65 bits per heavy atom. The second-order valence-electron chi connectivity index (χ2n) is 5.94. The second-order valence-corrected chi connectivity index (χ2v) is 5.94. The molecule has 1 aromatic rings. The van der Waals surface area contributed by atoms with E-state index in [1.54, 1.807) is 5.57 Å². The fourth-order valence-electron chi connectivity index (χ4n) is 3.91. The molecular weight excluding hydrogens is 248 g/mol. The quantitative estimate of drug-likeness (QED) is 0.569. The van der Waals surface area contributed by atoms with Crippen LogP contribution in [0.3, 0.4) is 0 Å². The number of carbonyl (C=O) groups excluding carboxylic acids is 1. The number of esters is 1. The molecule has 2 aliphatic carbocycles. The van der Waals surface area contributed by atoms with E-state index >= 15 is 0 Å². The Labute approximate surface area is 119 Å². The number of hydrogen-bond donors (Lipinski definition) is 0. The van der Waals surface area contributed by atoms with Gasteiger partial charge in [0.25, 0.3) is 0 Å². The molecule has 1 aliphatic heterocycles. The third kappa shape index (κ3) is 1.75. The van der Waals surface area contributed by atoms with Gasteiger partial charge in [-0.25, -0.2) is 4.79 Å². The molecule has 0 aromatic heterocycles. The summed E-state index contributed by atoms with van der Waals surface area (Å²) in [4.78, 5) is 12.0. The minimum absolute atomic E-state index is 0.0851. The molecule has 0 saturated heterocycles. The highest BCUT2D eigenvalue weighted by atomic mass is 16.5. The second kappa shape index (κ2) is 4.62. The molecule has 1 unspecified atom stereocenters. The van der Waals surface area contributed by atoms with E-state index in [-0.39, 0.29) is 5.97 Å². The number of carbonyl (C=O) groups is 1. The lowest BCUT2D eigenvalue weighted by Gasteiger charge is -2.32. The van der Waals surface area contributed by atoms with Crippen molar-refractivity contribution in [2.45, 2.75) is 38.0 Å². The number of ether oxygens (including phenoxy) is 1. The lowest BCUT2D eigenvalue weighted by molar-refractivity contribution is -0.136. The van der Waals surface area contributed by atoms with Crippen LogP contribution in [0.5, 0.6) is 0 Å². The van der Waals surface area contributed by atoms with Gasteiger partial charge >= 0.3 is 5.97 Å². The third-order valence-electron chi connectivity index (χ3n) is 4.84. The average Bonchev–Trinajstić information content (AvgIpc) is 2.87. The van der Waals surface area contributed by atoms with Gasteiger partial charge in [0.2, 0.25) is 0 Å². The normalized spacial score (nSPS) is 25.4. The summed E-state index contributed by atoms with van der Waals surface area (Å²) in [5.41, 5.74) is 6.55. The van der Waals surface area contributed by atoms with E-state index in [0.29, 0.717) is 12.5 Å². The van der Waals surface area contributed by atoms with Crippen LogP contribution in [0, 0.1) is 0 Å². The molecule has 1 atom stereocenters. The number of allylic oxidation sites excluding steroid dienone is 2. The van der Waals surface area contributed by atoms with Crippen LogP contribution in [0.25, 0.3) is 0 Å². The van der Waals surface area contributed by atoms with Crippen molar-refractivity contribution in [3.05, 3.63) is 58.2 Å². The van der Waals surface area contributed by atoms with E-state index < -0.39 is 0 Å². The van der Waals surface area contributed by atoms with Crippen molar-refractivity contribution in [1.29, 1.82) is 0 Å². The van der Waals surface area contributed by atoms with E-state index in [4.69, 9.17) is 4.74 Å². The molecule has 4 rings (SSSR count). The predicted octanol–water partition coefficient (Wildman–Crippen LogP) is 3.90.